The number of hydrogen-bond donors (Lipinski definition) is 3. The molecule has 2 rings (SSSR count). The Kier molecular flexibility index (Phi) is 4.15. The van der Waals surface area contributed by atoms with Crippen LogP contribution in [0.25, 0.3) is 0 Å². The van der Waals surface area contributed by atoms with E-state index in [2.05, 4.69) is 10.6 Å². The maximum absolute atomic E-state index is 11.6. The van der Waals surface area contributed by atoms with Crippen molar-refractivity contribution >= 4 is 29.0 Å². The molecule has 5 nitrogen and oxygen atoms in total. The summed E-state index contributed by atoms with van der Waals surface area (Å²) >= 11 is 1.58. The number of amides is 3. The van der Waals surface area contributed by atoms with Gasteiger partial charge in [0.2, 0.25) is 5.91 Å². The Morgan fingerprint density at radius 2 is 1.89 bits per heavy atom. The van der Waals surface area contributed by atoms with Gasteiger partial charge < -0.3 is 16.4 Å². The smallest absolute Gasteiger partial charge is 0.319 e. The van der Waals surface area contributed by atoms with Gasteiger partial charge in [-0.1, -0.05) is 6.07 Å². The molecule has 6 heteroatoms. The number of rotatable bonds is 4. The highest BCUT2D eigenvalue weighted by molar-refractivity contribution is 7.09. The second kappa shape index (κ2) is 6.01. The van der Waals surface area contributed by atoms with Crippen molar-refractivity contribution in [1.82, 2.24) is 5.32 Å². The Morgan fingerprint density at radius 1 is 1.16 bits per heavy atom. The van der Waals surface area contributed by atoms with E-state index in [9.17, 15) is 9.59 Å². The predicted molar refractivity (Wildman–Crippen MR) is 75.1 cm³/mol. The molecule has 2 aromatic rings. The molecule has 1 aromatic carbocycles. The summed E-state index contributed by atoms with van der Waals surface area (Å²) in [6.07, 6.45) is 0. The summed E-state index contributed by atoms with van der Waals surface area (Å²) in [5.74, 6) is -0.492. The summed E-state index contributed by atoms with van der Waals surface area (Å²) < 4.78 is 0. The van der Waals surface area contributed by atoms with Crippen LogP contribution in [-0.2, 0) is 6.54 Å². The average molecular weight is 275 g/mol. The highest BCUT2D eigenvalue weighted by atomic mass is 32.1. The molecule has 0 fully saturated rings. The van der Waals surface area contributed by atoms with E-state index in [-0.39, 0.29) is 6.03 Å². The monoisotopic (exact) mass is 275 g/mol. The molecule has 0 radical (unpaired) electrons. The molecule has 0 aliphatic carbocycles. The first-order valence-corrected chi connectivity index (χ1v) is 6.50. The van der Waals surface area contributed by atoms with Crippen molar-refractivity contribution in [3.05, 3.63) is 52.2 Å². The maximum atomic E-state index is 11.6. The minimum Gasteiger partial charge on any atom is -0.366 e. The number of nitrogens with one attached hydrogen (secondary N) is 2. The molecular weight excluding hydrogens is 262 g/mol. The standard InChI is InChI=1S/C13H13N3O2S/c14-12(17)9-3-5-10(6-4-9)16-13(18)15-8-11-2-1-7-19-11/h1-7H,8H2,(H2,14,17)(H2,15,16,18). The fraction of sp³-hybridized carbons (Fsp3) is 0.0769. The second-order valence-corrected chi connectivity index (χ2v) is 4.86. The van der Waals surface area contributed by atoms with Gasteiger partial charge in [-0.3, -0.25) is 4.79 Å². The van der Waals surface area contributed by atoms with Gasteiger partial charge >= 0.3 is 6.03 Å². The van der Waals surface area contributed by atoms with Crippen LogP contribution in [0.3, 0.4) is 0 Å². The normalized spacial score (nSPS) is 9.89. The number of thiophene rings is 1. The summed E-state index contributed by atoms with van der Waals surface area (Å²) in [5.41, 5.74) is 6.14. The number of anilines is 1. The number of primary amides is 1. The van der Waals surface area contributed by atoms with Crippen molar-refractivity contribution in [3.8, 4) is 0 Å². The van der Waals surface area contributed by atoms with E-state index in [0.29, 0.717) is 17.8 Å². The lowest BCUT2D eigenvalue weighted by atomic mass is 10.2. The van der Waals surface area contributed by atoms with Crippen LogP contribution in [-0.4, -0.2) is 11.9 Å². The van der Waals surface area contributed by atoms with E-state index < -0.39 is 5.91 Å². The molecule has 19 heavy (non-hydrogen) atoms. The van der Waals surface area contributed by atoms with Crippen LogP contribution >= 0.6 is 11.3 Å². The van der Waals surface area contributed by atoms with Gasteiger partial charge in [-0.2, -0.15) is 0 Å². The van der Waals surface area contributed by atoms with Crippen molar-refractivity contribution in [2.45, 2.75) is 6.54 Å². The summed E-state index contributed by atoms with van der Waals surface area (Å²) in [7, 11) is 0. The molecule has 0 spiro atoms. The second-order valence-electron chi connectivity index (χ2n) is 3.83. The average Bonchev–Trinajstić information content (AvgIpc) is 2.90. The first-order valence-electron chi connectivity index (χ1n) is 5.62. The molecule has 0 saturated carbocycles. The Balaban J connectivity index is 1.86. The van der Waals surface area contributed by atoms with Crippen molar-refractivity contribution in [2.75, 3.05) is 5.32 Å². The SMILES string of the molecule is NC(=O)c1ccc(NC(=O)NCc2cccs2)cc1. The van der Waals surface area contributed by atoms with Crippen LogP contribution in [0.4, 0.5) is 10.5 Å². The van der Waals surface area contributed by atoms with Gasteiger partial charge in [0.25, 0.3) is 0 Å². The fourth-order valence-electron chi connectivity index (χ4n) is 1.47. The van der Waals surface area contributed by atoms with Gasteiger partial charge in [-0.15, -0.1) is 11.3 Å². The molecule has 0 aliphatic rings. The topological polar surface area (TPSA) is 84.2 Å². The summed E-state index contributed by atoms with van der Waals surface area (Å²) in [6.45, 7) is 0.489. The van der Waals surface area contributed by atoms with Crippen LogP contribution in [0, 0.1) is 0 Å². The Bertz CT molecular complexity index is 564. The van der Waals surface area contributed by atoms with E-state index in [1.165, 1.54) is 0 Å². The Labute approximate surface area is 114 Å². The van der Waals surface area contributed by atoms with Crippen LogP contribution in [0.1, 0.15) is 15.2 Å². The fourth-order valence-corrected chi connectivity index (χ4v) is 2.12. The molecule has 0 aliphatic heterocycles. The first-order chi connectivity index (χ1) is 9.15. The van der Waals surface area contributed by atoms with Gasteiger partial charge in [-0.25, -0.2) is 4.79 Å². The first kappa shape index (κ1) is 13.1. The summed E-state index contributed by atoms with van der Waals surface area (Å²) in [5, 5.41) is 7.37. The zero-order valence-corrected chi connectivity index (χ0v) is 10.9. The van der Waals surface area contributed by atoms with Crippen LogP contribution in [0.2, 0.25) is 0 Å². The molecule has 4 N–H and O–H groups in total. The minimum atomic E-state index is -0.492. The minimum absolute atomic E-state index is 0.291. The molecule has 98 valence electrons. The van der Waals surface area contributed by atoms with Crippen LogP contribution < -0.4 is 16.4 Å². The van der Waals surface area contributed by atoms with Crippen molar-refractivity contribution in [1.29, 1.82) is 0 Å². The van der Waals surface area contributed by atoms with Crippen molar-refractivity contribution in [2.24, 2.45) is 5.73 Å². The number of urea groups is 1. The number of carbonyl (C=O) groups excluding carboxylic acids is 2. The number of carbonyl (C=O) groups is 2. The number of benzene rings is 1. The van der Waals surface area contributed by atoms with E-state index in [4.69, 9.17) is 5.73 Å². The van der Waals surface area contributed by atoms with E-state index in [1.807, 2.05) is 17.5 Å². The van der Waals surface area contributed by atoms with Gasteiger partial charge in [0.1, 0.15) is 0 Å². The summed E-state index contributed by atoms with van der Waals surface area (Å²) in [4.78, 5) is 23.6. The summed E-state index contributed by atoms with van der Waals surface area (Å²) in [6, 6.07) is 9.99. The molecule has 0 bridgehead atoms. The third kappa shape index (κ3) is 3.82. The van der Waals surface area contributed by atoms with E-state index >= 15 is 0 Å². The van der Waals surface area contributed by atoms with Crippen molar-refractivity contribution in [3.63, 3.8) is 0 Å². The highest BCUT2D eigenvalue weighted by Gasteiger charge is 2.03. The van der Waals surface area contributed by atoms with Crippen LogP contribution in [0.5, 0.6) is 0 Å². The predicted octanol–water partition coefficient (Wildman–Crippen LogP) is 2.17. The molecule has 1 heterocycles. The molecule has 0 saturated heterocycles. The quantitative estimate of drug-likeness (QED) is 0.799. The van der Waals surface area contributed by atoms with Gasteiger partial charge in [0.05, 0.1) is 6.54 Å². The lowest BCUT2D eigenvalue weighted by Gasteiger charge is -2.07. The number of nitrogens with two attached hydrogens (primary N) is 1. The molecule has 0 atom stereocenters. The molecule has 1 aromatic heterocycles. The highest BCUT2D eigenvalue weighted by Crippen LogP contribution is 2.10. The number of hydrogen-bond acceptors (Lipinski definition) is 3. The zero-order valence-electron chi connectivity index (χ0n) is 10.1. The lowest BCUT2D eigenvalue weighted by Crippen LogP contribution is -2.27. The Hall–Kier alpha value is -2.34. The van der Waals surface area contributed by atoms with Crippen LogP contribution in [0.15, 0.2) is 41.8 Å². The van der Waals surface area contributed by atoms with Gasteiger partial charge in [0, 0.05) is 16.1 Å². The van der Waals surface area contributed by atoms with Crippen molar-refractivity contribution < 1.29 is 9.59 Å². The molecular formula is C13H13N3O2S. The van der Waals surface area contributed by atoms with E-state index in [1.54, 1.807) is 35.6 Å². The maximum Gasteiger partial charge on any atom is 0.319 e. The largest absolute Gasteiger partial charge is 0.366 e. The third-order valence-corrected chi connectivity index (χ3v) is 3.31. The van der Waals surface area contributed by atoms with Gasteiger partial charge in [-0.05, 0) is 35.7 Å². The molecule has 0 unspecified atom stereocenters. The molecule has 3 amide bonds. The lowest BCUT2D eigenvalue weighted by molar-refractivity contribution is 0.100. The Morgan fingerprint density at radius 3 is 2.47 bits per heavy atom. The van der Waals surface area contributed by atoms with E-state index in [0.717, 1.165) is 4.88 Å². The third-order valence-electron chi connectivity index (χ3n) is 2.43. The van der Waals surface area contributed by atoms with Gasteiger partial charge in [0.15, 0.2) is 0 Å². The zero-order chi connectivity index (χ0) is 13.7.